The summed E-state index contributed by atoms with van der Waals surface area (Å²) in [5, 5.41) is 12.7. The van der Waals surface area contributed by atoms with Gasteiger partial charge in [0.2, 0.25) is 0 Å². The summed E-state index contributed by atoms with van der Waals surface area (Å²) in [4.78, 5) is 21.8. The largest absolute Gasteiger partial charge is 0.496 e. The smallest absolute Gasteiger partial charge is 0.255 e. The number of thioether (sulfide) groups is 1. The molecule has 0 saturated carbocycles. The zero-order valence-electron chi connectivity index (χ0n) is 17.4. The van der Waals surface area contributed by atoms with E-state index in [0.717, 1.165) is 22.6 Å². The number of carbonyl (C=O) groups is 1. The molecule has 0 radical (unpaired) electrons. The van der Waals surface area contributed by atoms with E-state index in [0.29, 0.717) is 34.6 Å². The predicted molar refractivity (Wildman–Crippen MR) is 121 cm³/mol. The van der Waals surface area contributed by atoms with Gasteiger partial charge in [0.15, 0.2) is 10.8 Å². The lowest BCUT2D eigenvalue weighted by molar-refractivity contribution is 0.0949. The van der Waals surface area contributed by atoms with Gasteiger partial charge in [-0.05, 0) is 37.8 Å². The second kappa shape index (κ2) is 9.99. The lowest BCUT2D eigenvalue weighted by Crippen LogP contribution is -2.28. The average molecular weight is 449 g/mol. The molecule has 8 nitrogen and oxygen atoms in total. The molecule has 10 heteroatoms. The van der Waals surface area contributed by atoms with E-state index in [1.54, 1.807) is 40.8 Å². The Morgan fingerprint density at radius 3 is 2.83 bits per heavy atom. The zero-order valence-corrected chi connectivity index (χ0v) is 19.0. The van der Waals surface area contributed by atoms with Crippen LogP contribution in [-0.4, -0.2) is 51.1 Å². The molecule has 1 aromatic carbocycles. The quantitative estimate of drug-likeness (QED) is 0.379. The summed E-state index contributed by atoms with van der Waals surface area (Å²) >= 11 is 7.59. The third-order valence-electron chi connectivity index (χ3n) is 4.19. The molecule has 0 aliphatic heterocycles. The molecule has 160 valence electrons. The second-order valence-corrected chi connectivity index (χ2v) is 8.46. The van der Waals surface area contributed by atoms with E-state index in [9.17, 15) is 4.79 Å². The molecule has 0 spiro atoms. The SMILES string of the molecule is CCSc1nc(NC(C)C)c2cnn(CCNC(=O)c3cc(Cl)ccc3OC)c2n1. The van der Waals surface area contributed by atoms with Crippen molar-refractivity contribution in [2.75, 3.05) is 24.7 Å². The van der Waals surface area contributed by atoms with Gasteiger partial charge >= 0.3 is 0 Å². The molecule has 0 unspecified atom stereocenters. The first kappa shape index (κ1) is 22.2. The fourth-order valence-electron chi connectivity index (χ4n) is 2.90. The standard InChI is InChI=1S/C20H25ClN6O2S/c1-5-30-20-25-17(24-12(2)3)15-11-23-27(18(15)26-20)9-8-22-19(28)14-10-13(21)6-7-16(14)29-4/h6-7,10-12H,5,8-9H2,1-4H3,(H,22,28)(H,24,25,26). The Morgan fingerprint density at radius 1 is 1.33 bits per heavy atom. The number of methoxy groups -OCH3 is 1. The maximum atomic E-state index is 12.6. The van der Waals surface area contributed by atoms with E-state index >= 15 is 0 Å². The van der Waals surface area contributed by atoms with Gasteiger partial charge < -0.3 is 15.4 Å². The third kappa shape index (κ3) is 5.14. The van der Waals surface area contributed by atoms with Gasteiger partial charge in [0.1, 0.15) is 11.6 Å². The first-order chi connectivity index (χ1) is 14.4. The van der Waals surface area contributed by atoms with Crippen LogP contribution in [-0.2, 0) is 6.54 Å². The Balaban J connectivity index is 1.77. The summed E-state index contributed by atoms with van der Waals surface area (Å²) in [6, 6.07) is 5.18. The van der Waals surface area contributed by atoms with Crippen LogP contribution in [0.2, 0.25) is 5.02 Å². The third-order valence-corrected chi connectivity index (χ3v) is 5.15. The van der Waals surface area contributed by atoms with Crippen molar-refractivity contribution in [1.82, 2.24) is 25.1 Å². The number of carbonyl (C=O) groups excluding carboxylic acids is 1. The number of hydrogen-bond acceptors (Lipinski definition) is 7. The molecule has 2 heterocycles. The number of nitrogens with zero attached hydrogens (tertiary/aromatic N) is 4. The highest BCUT2D eigenvalue weighted by molar-refractivity contribution is 7.99. The first-order valence-corrected chi connectivity index (χ1v) is 11.0. The van der Waals surface area contributed by atoms with Crippen LogP contribution >= 0.6 is 23.4 Å². The maximum absolute atomic E-state index is 12.6. The van der Waals surface area contributed by atoms with Crippen LogP contribution in [0.3, 0.4) is 0 Å². The zero-order chi connectivity index (χ0) is 21.7. The van der Waals surface area contributed by atoms with Gasteiger partial charge in [-0.25, -0.2) is 14.6 Å². The Hall–Kier alpha value is -2.52. The van der Waals surface area contributed by atoms with Crippen LogP contribution in [0, 0.1) is 0 Å². The molecule has 0 saturated heterocycles. The molecule has 0 aliphatic carbocycles. The van der Waals surface area contributed by atoms with Gasteiger partial charge in [-0.2, -0.15) is 5.10 Å². The van der Waals surface area contributed by atoms with Crippen LogP contribution in [0.25, 0.3) is 11.0 Å². The minimum atomic E-state index is -0.259. The van der Waals surface area contributed by atoms with Crippen molar-refractivity contribution in [1.29, 1.82) is 0 Å². The minimum Gasteiger partial charge on any atom is -0.496 e. The second-order valence-electron chi connectivity index (χ2n) is 6.79. The van der Waals surface area contributed by atoms with E-state index in [4.69, 9.17) is 16.3 Å². The summed E-state index contributed by atoms with van der Waals surface area (Å²) < 4.78 is 7.02. The van der Waals surface area contributed by atoms with Crippen LogP contribution in [0.4, 0.5) is 5.82 Å². The lowest BCUT2D eigenvalue weighted by Gasteiger charge is -2.12. The fraction of sp³-hybridized carbons (Fsp3) is 0.400. The lowest BCUT2D eigenvalue weighted by atomic mass is 10.2. The number of nitrogens with one attached hydrogen (secondary N) is 2. The normalized spacial score (nSPS) is 11.1. The predicted octanol–water partition coefficient (Wildman–Crippen LogP) is 3.85. The molecule has 0 aliphatic rings. The van der Waals surface area contributed by atoms with Gasteiger partial charge in [-0.15, -0.1) is 0 Å². The molecule has 0 bridgehead atoms. The number of amides is 1. The molecule has 0 atom stereocenters. The number of halogens is 1. The van der Waals surface area contributed by atoms with E-state index in [2.05, 4.69) is 46.5 Å². The van der Waals surface area contributed by atoms with Crippen LogP contribution in [0.1, 0.15) is 31.1 Å². The van der Waals surface area contributed by atoms with Crippen molar-refractivity contribution >= 4 is 46.1 Å². The highest BCUT2D eigenvalue weighted by atomic mass is 35.5. The Morgan fingerprint density at radius 2 is 2.13 bits per heavy atom. The fourth-order valence-corrected chi connectivity index (χ4v) is 3.64. The minimum absolute atomic E-state index is 0.234. The molecule has 3 aromatic rings. The van der Waals surface area contributed by atoms with Crippen LogP contribution in [0.5, 0.6) is 5.75 Å². The molecule has 0 fully saturated rings. The highest BCUT2D eigenvalue weighted by Gasteiger charge is 2.15. The summed E-state index contributed by atoms with van der Waals surface area (Å²) in [7, 11) is 1.52. The highest BCUT2D eigenvalue weighted by Crippen LogP contribution is 2.25. The van der Waals surface area contributed by atoms with E-state index < -0.39 is 0 Å². The number of hydrogen-bond donors (Lipinski definition) is 2. The summed E-state index contributed by atoms with van der Waals surface area (Å²) in [5.41, 5.74) is 1.13. The van der Waals surface area contributed by atoms with Crippen LogP contribution in [0.15, 0.2) is 29.6 Å². The number of benzene rings is 1. The van der Waals surface area contributed by atoms with Crippen molar-refractivity contribution in [3.8, 4) is 5.75 Å². The number of ether oxygens (including phenoxy) is 1. The summed E-state index contributed by atoms with van der Waals surface area (Å²) in [6.45, 7) is 7.02. The number of fused-ring (bicyclic) bond motifs is 1. The Bertz CT molecular complexity index is 1040. The molecule has 30 heavy (non-hydrogen) atoms. The van der Waals surface area contributed by atoms with Gasteiger partial charge in [0.05, 0.1) is 30.8 Å². The molecule has 2 N–H and O–H groups in total. The summed E-state index contributed by atoms with van der Waals surface area (Å²) in [6.07, 6.45) is 1.75. The topological polar surface area (TPSA) is 94.0 Å². The van der Waals surface area contributed by atoms with Gasteiger partial charge in [-0.1, -0.05) is 30.3 Å². The van der Waals surface area contributed by atoms with Gasteiger partial charge in [0, 0.05) is 17.6 Å². The number of rotatable bonds is 9. The molecular weight excluding hydrogens is 424 g/mol. The molecular formula is C20H25ClN6O2S. The summed E-state index contributed by atoms with van der Waals surface area (Å²) in [5.74, 6) is 1.85. The maximum Gasteiger partial charge on any atom is 0.255 e. The van der Waals surface area contributed by atoms with Gasteiger partial charge in [0.25, 0.3) is 5.91 Å². The van der Waals surface area contributed by atoms with E-state index in [-0.39, 0.29) is 11.9 Å². The molecule has 2 aromatic heterocycles. The average Bonchev–Trinajstić information content (AvgIpc) is 3.11. The van der Waals surface area contributed by atoms with Crippen molar-refractivity contribution in [2.24, 2.45) is 0 Å². The molecule has 1 amide bonds. The first-order valence-electron chi connectivity index (χ1n) is 9.67. The monoisotopic (exact) mass is 448 g/mol. The van der Waals surface area contributed by atoms with Gasteiger partial charge in [-0.3, -0.25) is 4.79 Å². The Labute approximate surface area is 184 Å². The van der Waals surface area contributed by atoms with Crippen molar-refractivity contribution in [2.45, 2.75) is 38.5 Å². The van der Waals surface area contributed by atoms with E-state index in [1.165, 1.54) is 7.11 Å². The molecule has 3 rings (SSSR count). The van der Waals surface area contributed by atoms with Crippen molar-refractivity contribution in [3.63, 3.8) is 0 Å². The van der Waals surface area contributed by atoms with Crippen LogP contribution < -0.4 is 15.4 Å². The number of anilines is 1. The van der Waals surface area contributed by atoms with Crippen molar-refractivity contribution < 1.29 is 9.53 Å². The van der Waals surface area contributed by atoms with E-state index in [1.807, 2.05) is 0 Å². The Kier molecular flexibility index (Phi) is 7.38. The number of aromatic nitrogens is 4. The van der Waals surface area contributed by atoms with Crippen molar-refractivity contribution in [3.05, 3.63) is 35.0 Å².